The number of halogens is 1. The third-order valence-corrected chi connectivity index (χ3v) is 1.03. The lowest BCUT2D eigenvalue weighted by molar-refractivity contribution is -0.117. The smallest absolute Gasteiger partial charge is 0.223 e. The lowest BCUT2D eigenvalue weighted by Crippen LogP contribution is -2.13. The number of hydrogen-bond donors (Lipinski definition) is 2. The van der Waals surface area contributed by atoms with Crippen LogP contribution < -0.4 is 5.73 Å². The van der Waals surface area contributed by atoms with Gasteiger partial charge in [0.05, 0.1) is 6.42 Å². The molecule has 0 radical (unpaired) electrons. The molecule has 3 nitrogen and oxygen atoms in total. The van der Waals surface area contributed by atoms with Gasteiger partial charge in [-0.2, -0.15) is 0 Å². The van der Waals surface area contributed by atoms with Gasteiger partial charge in [0, 0.05) is 11.9 Å². The van der Waals surface area contributed by atoms with E-state index in [0.717, 1.165) is 5.69 Å². The molecule has 0 saturated heterocycles. The summed E-state index contributed by atoms with van der Waals surface area (Å²) in [5, 5.41) is 0. The van der Waals surface area contributed by atoms with E-state index in [9.17, 15) is 4.79 Å². The lowest BCUT2D eigenvalue weighted by atomic mass is 10.3. The van der Waals surface area contributed by atoms with Gasteiger partial charge in [0.15, 0.2) is 0 Å². The summed E-state index contributed by atoms with van der Waals surface area (Å²) >= 11 is 0. The van der Waals surface area contributed by atoms with Crippen LogP contribution in [0.2, 0.25) is 0 Å². The number of nitrogens with two attached hydrogens (primary N) is 1. The van der Waals surface area contributed by atoms with Crippen LogP contribution >= 0.6 is 12.4 Å². The number of primary amides is 1. The Labute approximate surface area is 65.0 Å². The summed E-state index contributed by atoms with van der Waals surface area (Å²) in [6.45, 7) is 0. The molecule has 0 atom stereocenters. The van der Waals surface area contributed by atoms with Crippen molar-refractivity contribution in [2.45, 2.75) is 6.42 Å². The summed E-state index contributed by atoms with van der Waals surface area (Å²) < 4.78 is 0. The Morgan fingerprint density at radius 2 is 2.40 bits per heavy atom. The fourth-order valence-electron chi connectivity index (χ4n) is 0.665. The number of hydrogen-bond acceptors (Lipinski definition) is 1. The third kappa shape index (κ3) is 2.55. The minimum Gasteiger partial charge on any atom is -0.369 e. The van der Waals surface area contributed by atoms with Gasteiger partial charge in [0.25, 0.3) is 0 Å². The predicted octanol–water partition coefficient (Wildman–Crippen LogP) is 0.464. The zero-order valence-corrected chi connectivity index (χ0v) is 6.15. The Balaban J connectivity index is 0.000000810. The first-order valence-corrected chi connectivity index (χ1v) is 2.69. The van der Waals surface area contributed by atoms with Gasteiger partial charge in [0.1, 0.15) is 0 Å². The van der Waals surface area contributed by atoms with E-state index in [1.54, 1.807) is 6.20 Å². The van der Waals surface area contributed by atoms with Gasteiger partial charge in [-0.25, -0.2) is 0 Å². The standard InChI is InChI=1S/C6H8N2O.ClH/c7-6(9)4-5-2-1-3-8-5;/h1-3,8H,4H2,(H2,7,9);1H. The molecule has 0 fully saturated rings. The van der Waals surface area contributed by atoms with Crippen molar-refractivity contribution in [3.63, 3.8) is 0 Å². The Kier molecular flexibility index (Phi) is 3.57. The molecule has 0 unspecified atom stereocenters. The average molecular weight is 161 g/mol. The lowest BCUT2D eigenvalue weighted by Gasteiger charge is -1.88. The molecule has 1 amide bonds. The van der Waals surface area contributed by atoms with Crippen molar-refractivity contribution in [3.8, 4) is 0 Å². The predicted molar refractivity (Wildman–Crippen MR) is 40.9 cm³/mol. The van der Waals surface area contributed by atoms with Crippen molar-refractivity contribution >= 4 is 18.3 Å². The van der Waals surface area contributed by atoms with E-state index in [2.05, 4.69) is 4.98 Å². The minimum atomic E-state index is -0.308. The van der Waals surface area contributed by atoms with Crippen LogP contribution in [0.15, 0.2) is 18.3 Å². The zero-order chi connectivity index (χ0) is 6.69. The Hall–Kier alpha value is -0.960. The quantitative estimate of drug-likeness (QED) is 0.649. The number of carbonyl (C=O) groups is 1. The molecule has 0 aliphatic carbocycles. The Bertz CT molecular complexity index is 196. The van der Waals surface area contributed by atoms with Crippen LogP contribution in [0.25, 0.3) is 0 Å². The van der Waals surface area contributed by atoms with E-state index in [4.69, 9.17) is 5.73 Å². The maximum Gasteiger partial charge on any atom is 0.223 e. The maximum atomic E-state index is 10.3. The summed E-state index contributed by atoms with van der Waals surface area (Å²) in [7, 11) is 0. The second-order valence-electron chi connectivity index (χ2n) is 1.84. The van der Waals surface area contributed by atoms with Crippen molar-refractivity contribution in [1.29, 1.82) is 0 Å². The molecule has 0 bridgehead atoms. The number of aromatic amines is 1. The Morgan fingerprint density at radius 1 is 1.70 bits per heavy atom. The van der Waals surface area contributed by atoms with Crippen LogP contribution in [0.5, 0.6) is 0 Å². The molecule has 3 N–H and O–H groups in total. The molecule has 1 heterocycles. The SMILES string of the molecule is Cl.NC(=O)Cc1ccc[nH]1. The van der Waals surface area contributed by atoms with Crippen LogP contribution in [0.4, 0.5) is 0 Å². The van der Waals surface area contributed by atoms with Gasteiger partial charge in [-0.15, -0.1) is 12.4 Å². The summed E-state index contributed by atoms with van der Waals surface area (Å²) in [5.74, 6) is -0.308. The summed E-state index contributed by atoms with van der Waals surface area (Å²) in [6, 6.07) is 3.66. The van der Waals surface area contributed by atoms with Gasteiger partial charge in [0.2, 0.25) is 5.91 Å². The van der Waals surface area contributed by atoms with Gasteiger partial charge in [-0.05, 0) is 12.1 Å². The number of carbonyl (C=O) groups excluding carboxylic acids is 1. The van der Waals surface area contributed by atoms with Crippen molar-refractivity contribution in [1.82, 2.24) is 4.98 Å². The van der Waals surface area contributed by atoms with Crippen molar-refractivity contribution in [2.24, 2.45) is 5.73 Å². The molecule has 0 saturated carbocycles. The van der Waals surface area contributed by atoms with Crippen LogP contribution in [0, 0.1) is 0 Å². The molecule has 0 spiro atoms. The van der Waals surface area contributed by atoms with Crippen LogP contribution in [0.3, 0.4) is 0 Å². The zero-order valence-electron chi connectivity index (χ0n) is 5.33. The van der Waals surface area contributed by atoms with Crippen molar-refractivity contribution in [2.75, 3.05) is 0 Å². The summed E-state index contributed by atoms with van der Waals surface area (Å²) in [4.78, 5) is 13.1. The third-order valence-electron chi connectivity index (χ3n) is 1.03. The van der Waals surface area contributed by atoms with Crippen LogP contribution in [0.1, 0.15) is 5.69 Å². The molecule has 0 aliphatic rings. The van der Waals surface area contributed by atoms with E-state index in [1.807, 2.05) is 12.1 Å². The van der Waals surface area contributed by atoms with Crippen LogP contribution in [-0.2, 0) is 11.2 Å². The first-order chi connectivity index (χ1) is 4.29. The topological polar surface area (TPSA) is 58.9 Å². The molecule has 0 aromatic carbocycles. The van der Waals surface area contributed by atoms with Gasteiger partial charge >= 0.3 is 0 Å². The molecule has 10 heavy (non-hydrogen) atoms. The van der Waals surface area contributed by atoms with Gasteiger partial charge in [-0.1, -0.05) is 0 Å². The Morgan fingerprint density at radius 3 is 2.80 bits per heavy atom. The molecule has 0 aliphatic heterocycles. The molecule has 1 aromatic heterocycles. The largest absolute Gasteiger partial charge is 0.369 e. The fourth-order valence-corrected chi connectivity index (χ4v) is 0.665. The minimum absolute atomic E-state index is 0. The summed E-state index contributed by atoms with van der Waals surface area (Å²) in [5.41, 5.74) is 5.79. The highest BCUT2D eigenvalue weighted by molar-refractivity contribution is 5.85. The average Bonchev–Trinajstić information content (AvgIpc) is 2.15. The van der Waals surface area contributed by atoms with E-state index >= 15 is 0 Å². The van der Waals surface area contributed by atoms with E-state index in [1.165, 1.54) is 0 Å². The molecule has 4 heteroatoms. The highest BCUT2D eigenvalue weighted by atomic mass is 35.5. The fraction of sp³-hybridized carbons (Fsp3) is 0.167. The van der Waals surface area contributed by atoms with Crippen molar-refractivity contribution in [3.05, 3.63) is 24.0 Å². The van der Waals surface area contributed by atoms with Gasteiger partial charge in [-0.3, -0.25) is 4.79 Å². The monoisotopic (exact) mass is 160 g/mol. The highest BCUT2D eigenvalue weighted by Gasteiger charge is 1.95. The van der Waals surface area contributed by atoms with E-state index in [0.29, 0.717) is 6.42 Å². The first-order valence-electron chi connectivity index (χ1n) is 2.69. The molecule has 1 aromatic rings. The van der Waals surface area contributed by atoms with E-state index < -0.39 is 0 Å². The molecular weight excluding hydrogens is 152 g/mol. The number of amides is 1. The second-order valence-corrected chi connectivity index (χ2v) is 1.84. The molecule has 1 rings (SSSR count). The normalized spacial score (nSPS) is 8.40. The number of nitrogens with one attached hydrogen (secondary N) is 1. The van der Waals surface area contributed by atoms with Crippen molar-refractivity contribution < 1.29 is 4.79 Å². The molecule has 56 valence electrons. The number of rotatable bonds is 2. The maximum absolute atomic E-state index is 10.3. The van der Waals surface area contributed by atoms with E-state index in [-0.39, 0.29) is 18.3 Å². The molecular formula is C6H9ClN2O. The van der Waals surface area contributed by atoms with Gasteiger partial charge < -0.3 is 10.7 Å². The summed E-state index contributed by atoms with van der Waals surface area (Å²) in [6.07, 6.45) is 2.06. The number of aromatic nitrogens is 1. The highest BCUT2D eigenvalue weighted by Crippen LogP contribution is 1.93. The second kappa shape index (κ2) is 3.95. The number of H-pyrrole nitrogens is 1. The first kappa shape index (κ1) is 9.04. The van der Waals surface area contributed by atoms with Crippen LogP contribution in [-0.4, -0.2) is 10.9 Å².